The molecule has 0 amide bonds. The van der Waals surface area contributed by atoms with E-state index in [2.05, 4.69) is 6.58 Å². The van der Waals surface area contributed by atoms with Crippen LogP contribution in [0.2, 0.25) is 5.02 Å². The summed E-state index contributed by atoms with van der Waals surface area (Å²) in [5.41, 5.74) is 0. The zero-order chi connectivity index (χ0) is 17.0. The van der Waals surface area contributed by atoms with Crippen LogP contribution in [-0.2, 0) is 14.8 Å². The summed E-state index contributed by atoms with van der Waals surface area (Å²) in [5, 5.41) is 0.489. The van der Waals surface area contributed by atoms with Crippen LogP contribution in [-0.4, -0.2) is 31.1 Å². The average molecular weight is 356 g/mol. The van der Waals surface area contributed by atoms with Gasteiger partial charge in [-0.3, -0.25) is 0 Å². The number of aldehydes is 1. The number of carbonyl (C=O) groups is 1. The number of nitrogens with zero attached hydrogens (tertiary/aromatic N) is 1. The van der Waals surface area contributed by atoms with Crippen LogP contribution >= 0.6 is 11.6 Å². The lowest BCUT2D eigenvalue weighted by Gasteiger charge is -2.42. The van der Waals surface area contributed by atoms with Gasteiger partial charge in [-0.25, -0.2) is 8.42 Å². The lowest BCUT2D eigenvalue weighted by Crippen LogP contribution is -2.52. The summed E-state index contributed by atoms with van der Waals surface area (Å²) in [6, 6.07) is 5.69. The van der Waals surface area contributed by atoms with Crippen LogP contribution in [0.15, 0.2) is 41.8 Å². The van der Waals surface area contributed by atoms with E-state index in [0.29, 0.717) is 17.9 Å². The summed E-state index contributed by atoms with van der Waals surface area (Å²) in [6.45, 7) is 5.66. The molecule has 1 fully saturated rings. The third-order valence-corrected chi connectivity index (χ3v) is 6.70. The third-order valence-electron chi connectivity index (χ3n) is 4.46. The van der Waals surface area contributed by atoms with Crippen molar-refractivity contribution in [2.24, 2.45) is 5.92 Å². The van der Waals surface area contributed by atoms with E-state index >= 15 is 0 Å². The third kappa shape index (κ3) is 3.67. The first-order valence-corrected chi connectivity index (χ1v) is 9.64. The number of piperidine rings is 1. The molecule has 3 atom stereocenters. The van der Waals surface area contributed by atoms with Gasteiger partial charge in [0.25, 0.3) is 0 Å². The van der Waals surface area contributed by atoms with Gasteiger partial charge in [0.05, 0.1) is 4.90 Å². The van der Waals surface area contributed by atoms with E-state index in [4.69, 9.17) is 11.6 Å². The SMILES string of the molecule is C=CC(C=O)C1CCCC(CC)N1S(=O)(=O)c1ccc(Cl)cc1. The van der Waals surface area contributed by atoms with Crippen molar-refractivity contribution in [2.45, 2.75) is 49.6 Å². The summed E-state index contributed by atoms with van der Waals surface area (Å²) in [6.07, 6.45) is 5.43. The van der Waals surface area contributed by atoms with Crippen LogP contribution in [0.25, 0.3) is 0 Å². The average Bonchev–Trinajstić information content (AvgIpc) is 2.56. The molecule has 126 valence electrons. The second-order valence-electron chi connectivity index (χ2n) is 5.80. The van der Waals surface area contributed by atoms with Gasteiger partial charge in [0.2, 0.25) is 10.0 Å². The molecule has 1 heterocycles. The summed E-state index contributed by atoms with van der Waals surface area (Å²) in [4.78, 5) is 11.6. The number of hydrogen-bond acceptors (Lipinski definition) is 3. The van der Waals surface area contributed by atoms with E-state index in [9.17, 15) is 13.2 Å². The maximum Gasteiger partial charge on any atom is 0.243 e. The Morgan fingerprint density at radius 2 is 2.00 bits per heavy atom. The Morgan fingerprint density at radius 1 is 1.35 bits per heavy atom. The summed E-state index contributed by atoms with van der Waals surface area (Å²) >= 11 is 5.86. The van der Waals surface area contributed by atoms with Crippen molar-refractivity contribution in [1.29, 1.82) is 0 Å². The van der Waals surface area contributed by atoms with E-state index in [1.807, 2.05) is 6.92 Å². The predicted octanol–water partition coefficient (Wildman–Crippen LogP) is 3.66. The zero-order valence-corrected chi connectivity index (χ0v) is 14.8. The minimum Gasteiger partial charge on any atom is -0.303 e. The van der Waals surface area contributed by atoms with Crippen molar-refractivity contribution >= 4 is 27.9 Å². The highest BCUT2D eigenvalue weighted by molar-refractivity contribution is 7.89. The fourth-order valence-electron chi connectivity index (χ4n) is 3.24. The fourth-order valence-corrected chi connectivity index (χ4v) is 5.34. The lowest BCUT2D eigenvalue weighted by molar-refractivity contribution is -0.111. The minimum atomic E-state index is -3.69. The van der Waals surface area contributed by atoms with Crippen molar-refractivity contribution in [2.75, 3.05) is 0 Å². The van der Waals surface area contributed by atoms with E-state index < -0.39 is 15.9 Å². The summed E-state index contributed by atoms with van der Waals surface area (Å²) in [7, 11) is -3.69. The van der Waals surface area contributed by atoms with Crippen molar-refractivity contribution in [3.05, 3.63) is 41.9 Å². The van der Waals surface area contributed by atoms with Gasteiger partial charge in [-0.2, -0.15) is 4.31 Å². The van der Waals surface area contributed by atoms with Gasteiger partial charge in [0, 0.05) is 23.0 Å². The Morgan fingerprint density at radius 3 is 2.52 bits per heavy atom. The standard InChI is InChI=1S/C17H22ClNO3S/c1-3-13(12-20)17-7-5-6-15(4-2)19(17)23(21,22)16-10-8-14(18)9-11-16/h3,8-13,15,17H,1,4-7H2,2H3. The lowest BCUT2D eigenvalue weighted by atomic mass is 9.89. The van der Waals surface area contributed by atoms with Crippen LogP contribution in [0.4, 0.5) is 0 Å². The first kappa shape index (κ1) is 18.2. The Kier molecular flexibility index (Phi) is 6.00. The second kappa shape index (κ2) is 7.60. The first-order valence-electron chi connectivity index (χ1n) is 7.82. The molecule has 0 N–H and O–H groups in total. The van der Waals surface area contributed by atoms with Crippen molar-refractivity contribution in [3.8, 4) is 0 Å². The predicted molar refractivity (Wildman–Crippen MR) is 91.9 cm³/mol. The van der Waals surface area contributed by atoms with E-state index in [1.165, 1.54) is 16.4 Å². The maximum atomic E-state index is 13.1. The Balaban J connectivity index is 2.48. The van der Waals surface area contributed by atoms with Crippen LogP contribution in [0.3, 0.4) is 0 Å². The maximum absolute atomic E-state index is 13.1. The molecule has 1 aliphatic heterocycles. The summed E-state index contributed by atoms with van der Waals surface area (Å²) in [5.74, 6) is -0.494. The highest BCUT2D eigenvalue weighted by atomic mass is 35.5. The fraction of sp³-hybridized carbons (Fsp3) is 0.471. The Bertz CT molecular complexity index is 649. The molecule has 2 rings (SSSR count). The molecule has 1 aromatic carbocycles. The molecule has 1 aliphatic rings. The minimum absolute atomic E-state index is 0.100. The van der Waals surface area contributed by atoms with Gasteiger partial charge in [-0.15, -0.1) is 6.58 Å². The van der Waals surface area contributed by atoms with E-state index in [-0.39, 0.29) is 17.0 Å². The Hall–Kier alpha value is -1.17. The first-order chi connectivity index (χ1) is 11.0. The number of rotatable bonds is 6. The largest absolute Gasteiger partial charge is 0.303 e. The van der Waals surface area contributed by atoms with Gasteiger partial charge in [0.1, 0.15) is 6.29 Å². The number of sulfonamides is 1. The normalized spacial score (nSPS) is 24.1. The van der Waals surface area contributed by atoms with Crippen LogP contribution in [0.1, 0.15) is 32.6 Å². The number of benzene rings is 1. The van der Waals surface area contributed by atoms with Crippen LogP contribution in [0, 0.1) is 5.92 Å². The molecule has 0 saturated carbocycles. The molecule has 6 heteroatoms. The van der Waals surface area contributed by atoms with Gasteiger partial charge in [-0.1, -0.05) is 31.0 Å². The summed E-state index contributed by atoms with van der Waals surface area (Å²) < 4.78 is 27.8. The zero-order valence-electron chi connectivity index (χ0n) is 13.2. The quantitative estimate of drug-likeness (QED) is 0.578. The highest BCUT2D eigenvalue weighted by Gasteiger charge is 2.41. The Labute approximate surface area is 143 Å². The number of halogens is 1. The van der Waals surface area contributed by atoms with Gasteiger partial charge >= 0.3 is 0 Å². The molecule has 3 unspecified atom stereocenters. The molecule has 0 radical (unpaired) electrons. The number of hydrogen-bond donors (Lipinski definition) is 0. The van der Waals surface area contributed by atoms with Crippen molar-refractivity contribution < 1.29 is 13.2 Å². The van der Waals surface area contributed by atoms with Gasteiger partial charge in [0.15, 0.2) is 0 Å². The monoisotopic (exact) mass is 355 g/mol. The van der Waals surface area contributed by atoms with Crippen molar-refractivity contribution in [1.82, 2.24) is 4.31 Å². The molecular weight excluding hydrogens is 334 g/mol. The molecule has 4 nitrogen and oxygen atoms in total. The molecule has 0 aliphatic carbocycles. The second-order valence-corrected chi connectivity index (χ2v) is 8.08. The smallest absolute Gasteiger partial charge is 0.243 e. The van der Waals surface area contributed by atoms with Crippen LogP contribution in [0.5, 0.6) is 0 Å². The molecule has 1 saturated heterocycles. The molecule has 0 aromatic heterocycles. The molecule has 1 aromatic rings. The molecule has 0 bridgehead atoms. The molecular formula is C17H22ClNO3S. The van der Waals surface area contributed by atoms with Crippen molar-refractivity contribution in [3.63, 3.8) is 0 Å². The van der Waals surface area contributed by atoms with Crippen LogP contribution < -0.4 is 0 Å². The van der Waals surface area contributed by atoms with Gasteiger partial charge in [-0.05, 0) is 43.5 Å². The number of carbonyl (C=O) groups excluding carboxylic acids is 1. The molecule has 0 spiro atoms. The highest BCUT2D eigenvalue weighted by Crippen LogP contribution is 2.34. The van der Waals surface area contributed by atoms with E-state index in [1.54, 1.807) is 18.2 Å². The van der Waals surface area contributed by atoms with E-state index in [0.717, 1.165) is 19.1 Å². The topological polar surface area (TPSA) is 54.5 Å². The molecule has 23 heavy (non-hydrogen) atoms. The van der Waals surface area contributed by atoms with Gasteiger partial charge < -0.3 is 4.79 Å².